The summed E-state index contributed by atoms with van der Waals surface area (Å²) in [7, 11) is 0. The largest absolute Gasteiger partial charge is 0.394 e. The maximum atomic E-state index is 10.4. The Balaban J connectivity index is 1.29. The van der Waals surface area contributed by atoms with Crippen molar-refractivity contribution in [2.45, 2.75) is 75.9 Å². The van der Waals surface area contributed by atoms with Crippen LogP contribution < -0.4 is 0 Å². The zero-order valence-electron chi connectivity index (χ0n) is 31.3. The highest BCUT2D eigenvalue weighted by Gasteiger charge is 2.49. The molecule has 0 aliphatic carbocycles. The summed E-state index contributed by atoms with van der Waals surface area (Å²) >= 11 is 0. The van der Waals surface area contributed by atoms with Gasteiger partial charge in [-0.05, 0) is 33.3 Å². The maximum Gasteiger partial charge on any atom is 0.186 e. The summed E-state index contributed by atoms with van der Waals surface area (Å²) in [5.41, 5.74) is 14.4. The van der Waals surface area contributed by atoms with Gasteiger partial charge >= 0.3 is 0 Å². The van der Waals surface area contributed by atoms with Gasteiger partial charge in [0.1, 0.15) is 24.4 Å². The van der Waals surface area contributed by atoms with Crippen molar-refractivity contribution in [1.29, 1.82) is 0 Å². The van der Waals surface area contributed by atoms with Gasteiger partial charge in [0.05, 0.1) is 65.0 Å². The molecule has 11 nitrogen and oxygen atoms in total. The molecule has 7 atom stereocenters. The Kier molecular flexibility index (Phi) is 16.4. The number of rotatable bonds is 22. The Bertz CT molecular complexity index is 1850. The Morgan fingerprint density at radius 3 is 1.45 bits per heavy atom. The molecule has 5 aromatic rings. The van der Waals surface area contributed by atoms with Gasteiger partial charge in [0.15, 0.2) is 6.29 Å². The number of aliphatic hydroxyl groups excluding tert-OH is 1. The van der Waals surface area contributed by atoms with Crippen LogP contribution in [0.1, 0.15) is 27.8 Å². The molecule has 1 saturated heterocycles. The van der Waals surface area contributed by atoms with Crippen molar-refractivity contribution in [3.05, 3.63) is 190 Å². The highest BCUT2D eigenvalue weighted by atomic mass is 16.7. The fourth-order valence-corrected chi connectivity index (χ4v) is 6.42. The third-order valence-electron chi connectivity index (χ3n) is 9.39. The smallest absolute Gasteiger partial charge is 0.186 e. The maximum absolute atomic E-state index is 10.4. The Labute approximate surface area is 328 Å². The van der Waals surface area contributed by atoms with E-state index in [1.807, 2.05) is 152 Å². The van der Waals surface area contributed by atoms with E-state index >= 15 is 0 Å². The topological polar surface area (TPSA) is 134 Å². The molecule has 1 aliphatic rings. The minimum atomic E-state index is -1.02. The second-order valence-electron chi connectivity index (χ2n) is 13.5. The zero-order valence-corrected chi connectivity index (χ0v) is 31.3. The van der Waals surface area contributed by atoms with Crippen LogP contribution in [0.15, 0.2) is 157 Å². The van der Waals surface area contributed by atoms with Crippen molar-refractivity contribution in [2.75, 3.05) is 19.8 Å². The van der Waals surface area contributed by atoms with Crippen molar-refractivity contribution in [1.82, 2.24) is 0 Å². The van der Waals surface area contributed by atoms with E-state index in [2.05, 4.69) is 10.0 Å². The molecule has 5 aromatic carbocycles. The van der Waals surface area contributed by atoms with E-state index in [0.29, 0.717) is 13.2 Å². The number of ether oxygens (including phenoxy) is 7. The standard InChI is InChI=1S/C45H49N3O8/c46-48-47-39(40(26-49)51-28-35-18-8-2-9-19-35)32-55-45-44(54-31-38-24-14-5-15-25-38)43(53-30-37-22-12-4-13-23-37)42(52-29-36-20-10-3-11-21-36)41(56-45)33-50-27-34-16-6-1-7-17-34/h1-25,39-45,49H,26-33H2/t39-,40+,41+,42-,43-,44+,45+/m0/s1. The van der Waals surface area contributed by atoms with Crippen LogP contribution in [0.5, 0.6) is 0 Å². The van der Waals surface area contributed by atoms with Crippen LogP contribution in [-0.2, 0) is 66.2 Å². The molecule has 1 N–H and O–H groups in total. The summed E-state index contributed by atoms with van der Waals surface area (Å²) in [4.78, 5) is 3.06. The average molecular weight is 760 g/mol. The van der Waals surface area contributed by atoms with Gasteiger partial charge in [0.2, 0.25) is 0 Å². The summed E-state index contributed by atoms with van der Waals surface area (Å²) in [5, 5.41) is 14.3. The predicted octanol–water partition coefficient (Wildman–Crippen LogP) is 7.96. The Hall–Kier alpha value is -4.91. The van der Waals surface area contributed by atoms with Crippen LogP contribution in [-0.4, -0.2) is 67.8 Å². The van der Waals surface area contributed by atoms with Crippen LogP contribution >= 0.6 is 0 Å². The first-order chi connectivity index (χ1) is 27.7. The molecule has 0 saturated carbocycles. The first kappa shape index (κ1) is 40.7. The van der Waals surface area contributed by atoms with E-state index in [4.69, 9.17) is 33.2 Å². The first-order valence-electron chi connectivity index (χ1n) is 18.9. The Morgan fingerprint density at radius 2 is 0.982 bits per heavy atom. The molecule has 0 bridgehead atoms. The van der Waals surface area contributed by atoms with E-state index in [1.54, 1.807) is 0 Å². The molecule has 1 fully saturated rings. The lowest BCUT2D eigenvalue weighted by Crippen LogP contribution is -2.62. The third-order valence-corrected chi connectivity index (χ3v) is 9.39. The van der Waals surface area contributed by atoms with Crippen LogP contribution in [0.3, 0.4) is 0 Å². The van der Waals surface area contributed by atoms with E-state index in [-0.39, 0.29) is 33.0 Å². The van der Waals surface area contributed by atoms with Crippen LogP contribution in [0.25, 0.3) is 10.4 Å². The molecule has 1 heterocycles. The second-order valence-corrected chi connectivity index (χ2v) is 13.5. The van der Waals surface area contributed by atoms with Crippen LogP contribution in [0.4, 0.5) is 0 Å². The number of hydrogen-bond acceptors (Lipinski definition) is 9. The highest BCUT2D eigenvalue weighted by molar-refractivity contribution is 5.17. The monoisotopic (exact) mass is 759 g/mol. The lowest BCUT2D eigenvalue weighted by molar-refractivity contribution is -0.329. The van der Waals surface area contributed by atoms with Gasteiger partial charge in [-0.25, -0.2) is 0 Å². The molecule has 11 heteroatoms. The minimum absolute atomic E-state index is 0.140. The molecule has 0 unspecified atom stereocenters. The van der Waals surface area contributed by atoms with Gasteiger partial charge in [0, 0.05) is 4.91 Å². The van der Waals surface area contributed by atoms with E-state index in [1.165, 1.54) is 0 Å². The molecular formula is C45H49N3O8. The fourth-order valence-electron chi connectivity index (χ4n) is 6.42. The molecular weight excluding hydrogens is 711 g/mol. The molecule has 0 spiro atoms. The van der Waals surface area contributed by atoms with Gasteiger partial charge in [-0.15, -0.1) is 0 Å². The molecule has 1 aliphatic heterocycles. The van der Waals surface area contributed by atoms with Gasteiger partial charge in [-0.2, -0.15) is 0 Å². The number of hydrogen-bond donors (Lipinski definition) is 1. The molecule has 56 heavy (non-hydrogen) atoms. The summed E-state index contributed by atoms with van der Waals surface area (Å²) in [6.45, 7) is 0.991. The molecule has 292 valence electrons. The molecule has 0 aromatic heterocycles. The van der Waals surface area contributed by atoms with Crippen molar-refractivity contribution in [2.24, 2.45) is 5.11 Å². The minimum Gasteiger partial charge on any atom is -0.394 e. The number of aliphatic hydroxyl groups is 1. The van der Waals surface area contributed by atoms with Crippen molar-refractivity contribution in [3.8, 4) is 0 Å². The third kappa shape index (κ3) is 12.6. The zero-order chi connectivity index (χ0) is 38.6. The summed E-state index contributed by atoms with van der Waals surface area (Å²) in [5.74, 6) is 0. The summed E-state index contributed by atoms with van der Waals surface area (Å²) in [6.07, 6.45) is -4.70. The van der Waals surface area contributed by atoms with Crippen molar-refractivity contribution in [3.63, 3.8) is 0 Å². The van der Waals surface area contributed by atoms with E-state index in [9.17, 15) is 10.6 Å². The van der Waals surface area contributed by atoms with Crippen molar-refractivity contribution >= 4 is 0 Å². The predicted molar refractivity (Wildman–Crippen MR) is 211 cm³/mol. The van der Waals surface area contributed by atoms with Gasteiger partial charge in [-0.1, -0.05) is 157 Å². The lowest BCUT2D eigenvalue weighted by atomic mass is 9.97. The molecule has 6 rings (SSSR count). The number of benzene rings is 5. The quantitative estimate of drug-likeness (QED) is 0.0427. The van der Waals surface area contributed by atoms with Gasteiger partial charge in [-0.3, -0.25) is 0 Å². The second kappa shape index (κ2) is 22.6. The van der Waals surface area contributed by atoms with E-state index < -0.39 is 49.5 Å². The van der Waals surface area contributed by atoms with Crippen LogP contribution in [0.2, 0.25) is 0 Å². The van der Waals surface area contributed by atoms with Crippen molar-refractivity contribution < 1.29 is 38.3 Å². The van der Waals surface area contributed by atoms with Crippen LogP contribution in [0, 0.1) is 0 Å². The lowest BCUT2D eigenvalue weighted by Gasteiger charge is -2.46. The first-order valence-corrected chi connectivity index (χ1v) is 18.9. The number of azide groups is 1. The molecule has 0 amide bonds. The average Bonchev–Trinajstić information content (AvgIpc) is 3.25. The van der Waals surface area contributed by atoms with Gasteiger partial charge in [0.25, 0.3) is 0 Å². The normalized spacial score (nSPS) is 20.5. The Morgan fingerprint density at radius 1 is 0.554 bits per heavy atom. The number of nitrogens with zero attached hydrogens (tertiary/aromatic N) is 3. The summed E-state index contributed by atoms with van der Waals surface area (Å²) < 4.78 is 45.8. The van der Waals surface area contributed by atoms with E-state index in [0.717, 1.165) is 27.8 Å². The SMILES string of the molecule is [N-]=[N+]=N[C@@H](CO[C@@H]1O[C@H](COCc2ccccc2)[C@H](OCc2ccccc2)[C@H](OCc2ccccc2)[C@H]1OCc1ccccc1)[C@@H](CO)OCc1ccccc1. The molecule has 0 radical (unpaired) electrons. The fraction of sp³-hybridized carbons (Fsp3) is 0.333. The highest BCUT2D eigenvalue weighted by Crippen LogP contribution is 2.32. The van der Waals surface area contributed by atoms with Gasteiger partial charge < -0.3 is 38.3 Å². The summed E-state index contributed by atoms with van der Waals surface area (Å²) in [6, 6.07) is 48.2.